The SMILES string of the molecule is Nc1c(-c2ccoc2)ccc(CSc2ccccc2)c1C(=O)O. The number of aromatic carboxylic acids is 1. The number of carboxylic acid groups (broad SMARTS) is 1. The third-order valence-corrected chi connectivity index (χ3v) is 4.58. The third kappa shape index (κ3) is 3.24. The maximum absolute atomic E-state index is 11.7. The van der Waals surface area contributed by atoms with Gasteiger partial charge < -0.3 is 15.3 Å². The summed E-state index contributed by atoms with van der Waals surface area (Å²) in [4.78, 5) is 12.7. The van der Waals surface area contributed by atoms with Gasteiger partial charge in [-0.2, -0.15) is 0 Å². The predicted octanol–water partition coefficient (Wildman–Crippen LogP) is 4.52. The zero-order chi connectivity index (χ0) is 16.2. The molecule has 4 nitrogen and oxygen atoms in total. The monoisotopic (exact) mass is 325 g/mol. The molecular formula is C18H15NO3S. The maximum atomic E-state index is 11.7. The summed E-state index contributed by atoms with van der Waals surface area (Å²) in [5, 5.41) is 9.55. The Labute approximate surface area is 137 Å². The molecule has 0 aliphatic heterocycles. The highest BCUT2D eigenvalue weighted by molar-refractivity contribution is 7.98. The van der Waals surface area contributed by atoms with Gasteiger partial charge in [0.1, 0.15) is 0 Å². The minimum absolute atomic E-state index is 0.159. The number of anilines is 1. The van der Waals surface area contributed by atoms with Crippen molar-refractivity contribution >= 4 is 23.4 Å². The zero-order valence-electron chi connectivity index (χ0n) is 12.2. The first kappa shape index (κ1) is 15.2. The van der Waals surface area contributed by atoms with Crippen LogP contribution < -0.4 is 5.73 Å². The average Bonchev–Trinajstić information content (AvgIpc) is 3.07. The van der Waals surface area contributed by atoms with Crippen molar-refractivity contribution in [3.05, 3.63) is 72.2 Å². The first-order valence-corrected chi connectivity index (χ1v) is 8.00. The number of rotatable bonds is 5. The second-order valence-corrected chi connectivity index (χ2v) is 6.03. The van der Waals surface area contributed by atoms with Gasteiger partial charge in [0, 0.05) is 21.8 Å². The van der Waals surface area contributed by atoms with Crippen LogP contribution in [0.1, 0.15) is 15.9 Å². The molecule has 1 aromatic heterocycles. The van der Waals surface area contributed by atoms with E-state index in [1.165, 1.54) is 6.26 Å². The van der Waals surface area contributed by atoms with Crippen LogP contribution in [0.4, 0.5) is 5.69 Å². The van der Waals surface area contributed by atoms with E-state index in [4.69, 9.17) is 10.2 Å². The van der Waals surface area contributed by atoms with Gasteiger partial charge >= 0.3 is 5.97 Å². The summed E-state index contributed by atoms with van der Waals surface area (Å²) < 4.78 is 5.05. The van der Waals surface area contributed by atoms with Gasteiger partial charge in [0.05, 0.1) is 23.8 Å². The summed E-state index contributed by atoms with van der Waals surface area (Å²) in [5.74, 6) is -0.474. The number of nitrogen functional groups attached to an aromatic ring is 1. The highest BCUT2D eigenvalue weighted by Crippen LogP contribution is 2.34. The average molecular weight is 325 g/mol. The molecule has 2 aromatic carbocycles. The third-order valence-electron chi connectivity index (χ3n) is 3.52. The van der Waals surface area contributed by atoms with E-state index in [1.807, 2.05) is 42.5 Å². The molecule has 0 saturated carbocycles. The topological polar surface area (TPSA) is 76.5 Å². The van der Waals surface area contributed by atoms with Crippen molar-refractivity contribution < 1.29 is 14.3 Å². The van der Waals surface area contributed by atoms with Gasteiger partial charge in [-0.05, 0) is 23.8 Å². The lowest BCUT2D eigenvalue weighted by Crippen LogP contribution is -2.08. The van der Waals surface area contributed by atoms with E-state index in [9.17, 15) is 9.90 Å². The van der Waals surface area contributed by atoms with Crippen LogP contribution in [-0.4, -0.2) is 11.1 Å². The predicted molar refractivity (Wildman–Crippen MR) is 91.5 cm³/mol. The van der Waals surface area contributed by atoms with Crippen molar-refractivity contribution in [1.82, 2.24) is 0 Å². The Balaban J connectivity index is 1.94. The standard InChI is InChI=1S/C18H15NO3S/c19-17-15(12-8-9-22-10-12)7-6-13(16(17)18(20)21)11-23-14-4-2-1-3-5-14/h1-10H,11,19H2,(H,20,21). The first-order chi connectivity index (χ1) is 11.2. The molecule has 0 bridgehead atoms. The van der Waals surface area contributed by atoms with Gasteiger partial charge in [0.25, 0.3) is 0 Å². The molecule has 5 heteroatoms. The summed E-state index contributed by atoms with van der Waals surface area (Å²) in [6.45, 7) is 0. The molecule has 0 aliphatic carbocycles. The summed E-state index contributed by atoms with van der Waals surface area (Å²) in [5.41, 5.74) is 8.69. The molecule has 3 N–H and O–H groups in total. The molecule has 1 heterocycles. The molecule has 0 saturated heterocycles. The number of hydrogen-bond acceptors (Lipinski definition) is 4. The van der Waals surface area contributed by atoms with Crippen LogP contribution in [0.2, 0.25) is 0 Å². The van der Waals surface area contributed by atoms with Gasteiger partial charge in [0.15, 0.2) is 0 Å². The molecule has 0 atom stereocenters. The van der Waals surface area contributed by atoms with Gasteiger partial charge in [-0.3, -0.25) is 0 Å². The molecule has 23 heavy (non-hydrogen) atoms. The van der Waals surface area contributed by atoms with Crippen molar-refractivity contribution in [3.63, 3.8) is 0 Å². The summed E-state index contributed by atoms with van der Waals surface area (Å²) in [6.07, 6.45) is 3.09. The van der Waals surface area contributed by atoms with Gasteiger partial charge in [-0.15, -0.1) is 11.8 Å². The Morgan fingerprint density at radius 2 is 1.91 bits per heavy atom. The number of hydrogen-bond donors (Lipinski definition) is 2. The van der Waals surface area contributed by atoms with Gasteiger partial charge in [0.2, 0.25) is 0 Å². The van der Waals surface area contributed by atoms with E-state index in [1.54, 1.807) is 24.1 Å². The van der Waals surface area contributed by atoms with Crippen LogP contribution in [-0.2, 0) is 5.75 Å². The Kier molecular flexibility index (Phi) is 4.39. The molecular weight excluding hydrogens is 310 g/mol. The van der Waals surface area contributed by atoms with Crippen LogP contribution in [0.3, 0.4) is 0 Å². The highest BCUT2D eigenvalue weighted by atomic mass is 32.2. The number of benzene rings is 2. The second kappa shape index (κ2) is 6.62. The van der Waals surface area contributed by atoms with Crippen molar-refractivity contribution in [2.45, 2.75) is 10.6 Å². The fourth-order valence-corrected chi connectivity index (χ4v) is 3.30. The summed E-state index contributed by atoms with van der Waals surface area (Å²) >= 11 is 1.58. The van der Waals surface area contributed by atoms with Crippen LogP contribution in [0.5, 0.6) is 0 Å². The van der Waals surface area contributed by atoms with E-state index < -0.39 is 5.97 Å². The molecule has 0 unspecified atom stereocenters. The Morgan fingerprint density at radius 1 is 1.13 bits per heavy atom. The molecule has 116 valence electrons. The minimum atomic E-state index is -1.02. The largest absolute Gasteiger partial charge is 0.478 e. The minimum Gasteiger partial charge on any atom is -0.478 e. The molecule has 3 rings (SSSR count). The Bertz CT molecular complexity index is 814. The first-order valence-electron chi connectivity index (χ1n) is 7.02. The zero-order valence-corrected chi connectivity index (χ0v) is 13.0. The van der Waals surface area contributed by atoms with E-state index in [-0.39, 0.29) is 11.3 Å². The van der Waals surface area contributed by atoms with E-state index >= 15 is 0 Å². The fourth-order valence-electron chi connectivity index (χ4n) is 2.38. The lowest BCUT2D eigenvalue weighted by Gasteiger charge is -2.12. The van der Waals surface area contributed by atoms with Crippen molar-refractivity contribution in [2.75, 3.05) is 5.73 Å². The smallest absolute Gasteiger partial charge is 0.338 e. The normalized spacial score (nSPS) is 10.6. The van der Waals surface area contributed by atoms with Crippen molar-refractivity contribution in [1.29, 1.82) is 0 Å². The fraction of sp³-hybridized carbons (Fsp3) is 0.0556. The molecule has 0 aliphatic rings. The number of thioether (sulfide) groups is 1. The second-order valence-electron chi connectivity index (χ2n) is 4.98. The van der Waals surface area contributed by atoms with E-state index in [2.05, 4.69) is 0 Å². The molecule has 0 spiro atoms. The number of carboxylic acids is 1. The van der Waals surface area contributed by atoms with Crippen LogP contribution in [0.25, 0.3) is 11.1 Å². The molecule has 0 radical (unpaired) electrons. The number of furan rings is 1. The van der Waals surface area contributed by atoms with Gasteiger partial charge in [-0.1, -0.05) is 30.3 Å². The van der Waals surface area contributed by atoms with Crippen molar-refractivity contribution in [3.8, 4) is 11.1 Å². The quantitative estimate of drug-likeness (QED) is 0.533. The Hall–Kier alpha value is -2.66. The van der Waals surface area contributed by atoms with E-state index in [0.29, 0.717) is 16.9 Å². The Morgan fingerprint density at radius 3 is 2.57 bits per heavy atom. The van der Waals surface area contributed by atoms with Crippen LogP contribution in [0, 0.1) is 0 Å². The molecule has 0 fully saturated rings. The number of carbonyl (C=O) groups is 1. The molecule has 3 aromatic rings. The van der Waals surface area contributed by atoms with Gasteiger partial charge in [-0.25, -0.2) is 4.79 Å². The lowest BCUT2D eigenvalue weighted by atomic mass is 9.98. The van der Waals surface area contributed by atoms with E-state index in [0.717, 1.165) is 10.5 Å². The van der Waals surface area contributed by atoms with Crippen molar-refractivity contribution in [2.24, 2.45) is 0 Å². The summed E-state index contributed by atoms with van der Waals surface area (Å²) in [7, 11) is 0. The lowest BCUT2D eigenvalue weighted by molar-refractivity contribution is 0.0697. The maximum Gasteiger partial charge on any atom is 0.338 e. The van der Waals surface area contributed by atoms with Crippen LogP contribution in [0.15, 0.2) is 70.4 Å². The highest BCUT2D eigenvalue weighted by Gasteiger charge is 2.18. The number of nitrogens with two attached hydrogens (primary N) is 1. The summed E-state index contributed by atoms with van der Waals surface area (Å²) in [6, 6.07) is 15.3. The molecule has 0 amide bonds. The van der Waals surface area contributed by atoms with Crippen LogP contribution >= 0.6 is 11.8 Å².